The fraction of sp³-hybridized carbons (Fsp3) is 0.273. The molecule has 1 fully saturated rings. The molecule has 0 nitrogen and oxygen atoms in total. The molecule has 1 saturated carbocycles. The Labute approximate surface area is 95.9 Å². The molecular formula is C11H9BrClF. The van der Waals surface area contributed by atoms with Gasteiger partial charge in [-0.25, -0.2) is 0 Å². The van der Waals surface area contributed by atoms with Crippen LogP contribution in [0.1, 0.15) is 18.4 Å². The molecule has 0 heterocycles. The first-order valence-corrected chi connectivity index (χ1v) is 5.59. The third kappa shape index (κ3) is 2.01. The zero-order valence-electron chi connectivity index (χ0n) is 7.43. The Kier molecular flexibility index (Phi) is 2.67. The van der Waals surface area contributed by atoms with E-state index >= 15 is 0 Å². The van der Waals surface area contributed by atoms with Crippen molar-refractivity contribution in [1.82, 2.24) is 0 Å². The summed E-state index contributed by atoms with van der Waals surface area (Å²) in [7, 11) is 0. The van der Waals surface area contributed by atoms with E-state index in [1.165, 1.54) is 0 Å². The SMILES string of the molecule is F/C(Br)=C/C1(c2ccc(Cl)cc2)CC1. The van der Waals surface area contributed by atoms with Crippen LogP contribution in [0.15, 0.2) is 35.1 Å². The minimum Gasteiger partial charge on any atom is -0.199 e. The summed E-state index contributed by atoms with van der Waals surface area (Å²) in [5.74, 6) is 0. The van der Waals surface area contributed by atoms with E-state index in [1.54, 1.807) is 6.08 Å². The van der Waals surface area contributed by atoms with Crippen LogP contribution in [0.4, 0.5) is 4.39 Å². The minimum atomic E-state index is -0.287. The van der Waals surface area contributed by atoms with Crippen molar-refractivity contribution in [3.63, 3.8) is 0 Å². The molecule has 0 saturated heterocycles. The van der Waals surface area contributed by atoms with E-state index in [2.05, 4.69) is 15.9 Å². The first-order chi connectivity index (χ1) is 6.62. The first-order valence-electron chi connectivity index (χ1n) is 4.42. The van der Waals surface area contributed by atoms with Crippen LogP contribution >= 0.6 is 27.5 Å². The third-order valence-electron chi connectivity index (χ3n) is 2.59. The lowest BCUT2D eigenvalue weighted by molar-refractivity contribution is 0.686. The van der Waals surface area contributed by atoms with Crippen LogP contribution in [0.5, 0.6) is 0 Å². The van der Waals surface area contributed by atoms with Crippen molar-refractivity contribution in [2.45, 2.75) is 18.3 Å². The molecule has 14 heavy (non-hydrogen) atoms. The van der Waals surface area contributed by atoms with Crippen LogP contribution in [0.2, 0.25) is 5.02 Å². The Morgan fingerprint density at radius 2 is 1.93 bits per heavy atom. The lowest BCUT2D eigenvalue weighted by atomic mass is 9.96. The number of halogens is 3. The lowest BCUT2D eigenvalue weighted by Gasteiger charge is -2.09. The van der Waals surface area contributed by atoms with Crippen molar-refractivity contribution >= 4 is 27.5 Å². The second kappa shape index (κ2) is 3.67. The van der Waals surface area contributed by atoms with Gasteiger partial charge in [-0.15, -0.1) is 0 Å². The highest BCUT2D eigenvalue weighted by atomic mass is 79.9. The van der Waals surface area contributed by atoms with E-state index in [1.807, 2.05) is 24.3 Å². The monoisotopic (exact) mass is 274 g/mol. The molecule has 0 amide bonds. The number of rotatable bonds is 2. The predicted molar refractivity (Wildman–Crippen MR) is 60.5 cm³/mol. The summed E-state index contributed by atoms with van der Waals surface area (Å²) in [5, 5.41) is 0.716. The molecule has 1 aliphatic carbocycles. The van der Waals surface area contributed by atoms with Gasteiger partial charge in [0.2, 0.25) is 0 Å². The van der Waals surface area contributed by atoms with Crippen LogP contribution in [0.25, 0.3) is 0 Å². The van der Waals surface area contributed by atoms with Gasteiger partial charge in [0.1, 0.15) is 0 Å². The Hall–Kier alpha value is -0.340. The maximum absolute atomic E-state index is 12.8. The van der Waals surface area contributed by atoms with Gasteiger partial charge in [-0.3, -0.25) is 0 Å². The molecule has 74 valence electrons. The van der Waals surface area contributed by atoms with Gasteiger partial charge in [0.25, 0.3) is 0 Å². The summed E-state index contributed by atoms with van der Waals surface area (Å²) < 4.78 is 12.5. The molecule has 2 rings (SSSR count). The maximum atomic E-state index is 12.8. The molecule has 3 heteroatoms. The van der Waals surface area contributed by atoms with Gasteiger partial charge in [-0.1, -0.05) is 23.7 Å². The lowest BCUT2D eigenvalue weighted by Crippen LogP contribution is -2.01. The van der Waals surface area contributed by atoms with E-state index in [4.69, 9.17) is 11.6 Å². The molecule has 1 aromatic rings. The topological polar surface area (TPSA) is 0 Å². The van der Waals surface area contributed by atoms with Crippen molar-refractivity contribution in [2.75, 3.05) is 0 Å². The van der Waals surface area contributed by atoms with Gasteiger partial charge >= 0.3 is 0 Å². The summed E-state index contributed by atoms with van der Waals surface area (Å²) in [6.07, 6.45) is 3.65. The Morgan fingerprint density at radius 1 is 1.36 bits per heavy atom. The third-order valence-corrected chi connectivity index (χ3v) is 3.07. The van der Waals surface area contributed by atoms with E-state index in [-0.39, 0.29) is 10.2 Å². The normalized spacial score (nSPS) is 19.5. The van der Waals surface area contributed by atoms with Crippen molar-refractivity contribution in [3.8, 4) is 0 Å². The van der Waals surface area contributed by atoms with Gasteiger partial charge in [0.05, 0.1) is 0 Å². The molecular weight excluding hydrogens is 266 g/mol. The van der Waals surface area contributed by atoms with Gasteiger partial charge in [-0.2, -0.15) is 4.39 Å². The number of hydrogen-bond donors (Lipinski definition) is 0. The average Bonchev–Trinajstić information content (AvgIpc) is 2.85. The van der Waals surface area contributed by atoms with E-state index in [9.17, 15) is 4.39 Å². The second-order valence-corrected chi connectivity index (χ2v) is 4.79. The van der Waals surface area contributed by atoms with E-state index in [0.717, 1.165) is 18.4 Å². The minimum absolute atomic E-state index is 0.0851. The zero-order valence-corrected chi connectivity index (χ0v) is 9.78. The highest BCUT2D eigenvalue weighted by Crippen LogP contribution is 2.50. The Morgan fingerprint density at radius 3 is 2.36 bits per heavy atom. The van der Waals surface area contributed by atoms with E-state index < -0.39 is 0 Å². The summed E-state index contributed by atoms with van der Waals surface area (Å²) in [5.41, 5.74) is 1.05. The smallest absolute Gasteiger partial charge is 0.162 e. The largest absolute Gasteiger partial charge is 0.199 e. The molecule has 0 aliphatic heterocycles. The highest BCUT2D eigenvalue weighted by molar-refractivity contribution is 9.11. The van der Waals surface area contributed by atoms with Crippen LogP contribution in [0.3, 0.4) is 0 Å². The molecule has 0 atom stereocenters. The number of benzene rings is 1. The predicted octanol–water partition coefficient (Wildman–Crippen LogP) is 4.58. The fourth-order valence-electron chi connectivity index (χ4n) is 1.64. The molecule has 0 aromatic heterocycles. The Balaban J connectivity index is 2.31. The maximum Gasteiger partial charge on any atom is 0.162 e. The average molecular weight is 276 g/mol. The zero-order chi connectivity index (χ0) is 10.2. The molecule has 0 unspecified atom stereocenters. The van der Waals surface area contributed by atoms with Crippen molar-refractivity contribution < 1.29 is 4.39 Å². The molecule has 0 bridgehead atoms. The van der Waals surface area contributed by atoms with Crippen molar-refractivity contribution in [3.05, 3.63) is 45.7 Å². The number of allylic oxidation sites excluding steroid dienone is 1. The summed E-state index contributed by atoms with van der Waals surface area (Å²) in [4.78, 5) is 0. The first kappa shape index (κ1) is 10.2. The molecule has 0 radical (unpaired) electrons. The second-order valence-electron chi connectivity index (χ2n) is 3.60. The van der Waals surface area contributed by atoms with Crippen LogP contribution in [-0.2, 0) is 5.41 Å². The summed E-state index contributed by atoms with van der Waals surface area (Å²) >= 11 is 8.62. The van der Waals surface area contributed by atoms with Gasteiger partial charge < -0.3 is 0 Å². The van der Waals surface area contributed by atoms with Crippen molar-refractivity contribution in [1.29, 1.82) is 0 Å². The summed E-state index contributed by atoms with van der Waals surface area (Å²) in [6.45, 7) is 0. The van der Waals surface area contributed by atoms with Crippen LogP contribution < -0.4 is 0 Å². The van der Waals surface area contributed by atoms with Crippen LogP contribution in [0, 0.1) is 0 Å². The summed E-state index contributed by atoms with van der Waals surface area (Å²) in [6, 6.07) is 7.61. The van der Waals surface area contributed by atoms with Gasteiger partial charge in [-0.05, 0) is 52.5 Å². The molecule has 1 aliphatic rings. The van der Waals surface area contributed by atoms with Gasteiger partial charge in [0.15, 0.2) is 4.74 Å². The van der Waals surface area contributed by atoms with E-state index in [0.29, 0.717) is 5.02 Å². The standard InChI is InChI=1S/C11H9BrClF/c12-10(14)7-11(5-6-11)8-1-3-9(13)4-2-8/h1-4,7H,5-6H2/b10-7+. The molecule has 0 spiro atoms. The number of hydrogen-bond acceptors (Lipinski definition) is 0. The Bertz CT molecular complexity index is 361. The molecule has 1 aromatic carbocycles. The fourth-order valence-corrected chi connectivity index (χ4v) is 2.21. The van der Waals surface area contributed by atoms with Crippen LogP contribution in [-0.4, -0.2) is 0 Å². The van der Waals surface area contributed by atoms with Crippen molar-refractivity contribution in [2.24, 2.45) is 0 Å². The highest BCUT2D eigenvalue weighted by Gasteiger charge is 2.42. The van der Waals surface area contributed by atoms with Gasteiger partial charge in [0, 0.05) is 10.4 Å². The molecule has 0 N–H and O–H groups in total. The quantitative estimate of drug-likeness (QED) is 0.741.